The van der Waals surface area contributed by atoms with E-state index in [4.69, 9.17) is 9.47 Å². The van der Waals surface area contributed by atoms with Crippen LogP contribution in [0.15, 0.2) is 18.2 Å². The van der Waals surface area contributed by atoms with E-state index in [1.165, 1.54) is 12.8 Å². The number of benzene rings is 1. The third-order valence-electron chi connectivity index (χ3n) is 6.11. The predicted molar refractivity (Wildman–Crippen MR) is 98.6 cm³/mol. The molecule has 2 aliphatic carbocycles. The third kappa shape index (κ3) is 3.48. The molecule has 0 aliphatic heterocycles. The number of tetrazole rings is 1. The Morgan fingerprint density at radius 3 is 2.56 bits per heavy atom. The van der Waals surface area contributed by atoms with Gasteiger partial charge in [0.2, 0.25) is 0 Å². The Bertz CT molecular complexity index is 800. The number of hydrogen-bond acceptors (Lipinski definition) is 6. The van der Waals surface area contributed by atoms with E-state index in [0.29, 0.717) is 0 Å². The highest BCUT2D eigenvalue weighted by atomic mass is 16.5. The van der Waals surface area contributed by atoms with Gasteiger partial charge in [-0.05, 0) is 79.5 Å². The van der Waals surface area contributed by atoms with Crippen LogP contribution >= 0.6 is 0 Å². The molecule has 0 atom stereocenters. The number of rotatable bonds is 5. The molecule has 142 valence electrons. The summed E-state index contributed by atoms with van der Waals surface area (Å²) in [5, 5.41) is 24.3. The molecule has 0 spiro atoms. The van der Waals surface area contributed by atoms with E-state index in [2.05, 4.69) is 26.7 Å². The van der Waals surface area contributed by atoms with Crippen LogP contribution < -0.4 is 9.47 Å². The average molecular weight is 367 g/mol. The zero-order valence-electron chi connectivity index (χ0n) is 15.6. The molecule has 1 aromatic carbocycles. The van der Waals surface area contributed by atoms with Crippen LogP contribution in [0.1, 0.15) is 68.7 Å². The van der Waals surface area contributed by atoms with Gasteiger partial charge >= 0.3 is 0 Å². The van der Waals surface area contributed by atoms with Crippen molar-refractivity contribution in [1.29, 1.82) is 5.26 Å². The largest absolute Gasteiger partial charge is 0.493 e. The number of H-pyrrole nitrogens is 1. The van der Waals surface area contributed by atoms with Crippen molar-refractivity contribution in [3.63, 3.8) is 0 Å². The Labute approximate surface area is 159 Å². The van der Waals surface area contributed by atoms with E-state index in [9.17, 15) is 5.26 Å². The number of methoxy groups -OCH3 is 1. The molecule has 2 saturated carbocycles. The minimum Gasteiger partial charge on any atom is -0.493 e. The van der Waals surface area contributed by atoms with Crippen molar-refractivity contribution in [2.45, 2.75) is 68.8 Å². The second-order valence-electron chi connectivity index (χ2n) is 7.64. The van der Waals surface area contributed by atoms with Crippen LogP contribution in [0.25, 0.3) is 0 Å². The summed E-state index contributed by atoms with van der Waals surface area (Å²) in [6, 6.07) is 8.57. The lowest BCUT2D eigenvalue weighted by Crippen LogP contribution is -2.30. The van der Waals surface area contributed by atoms with E-state index in [1.807, 2.05) is 18.2 Å². The van der Waals surface area contributed by atoms with Crippen molar-refractivity contribution >= 4 is 0 Å². The highest BCUT2D eigenvalue weighted by Crippen LogP contribution is 2.46. The molecular weight excluding hydrogens is 342 g/mol. The lowest BCUT2D eigenvalue weighted by atomic mass is 9.67. The van der Waals surface area contributed by atoms with Crippen LogP contribution in [-0.2, 0) is 5.41 Å². The smallest absolute Gasteiger partial charge is 0.161 e. The standard InChI is InChI=1S/C20H25N5O2/c1-26-17-7-6-15(12-18(17)27-16-4-2-3-5-16)20(13-21)10-8-14(9-11-20)19-22-24-25-23-19/h6-7,12,14,16H,2-5,8-11H2,1H3,(H,22,23,24,25). The Hall–Kier alpha value is -2.62. The summed E-state index contributed by atoms with van der Waals surface area (Å²) < 4.78 is 11.7. The van der Waals surface area contributed by atoms with Gasteiger partial charge in [0, 0.05) is 5.92 Å². The van der Waals surface area contributed by atoms with Gasteiger partial charge in [-0.15, -0.1) is 5.10 Å². The van der Waals surface area contributed by atoms with Gasteiger partial charge in [-0.3, -0.25) is 0 Å². The molecular formula is C20H25N5O2. The van der Waals surface area contributed by atoms with Crippen LogP contribution in [-0.4, -0.2) is 33.8 Å². The molecule has 0 radical (unpaired) electrons. The average Bonchev–Trinajstić information content (AvgIpc) is 3.42. The van der Waals surface area contributed by atoms with Crippen molar-refractivity contribution in [2.24, 2.45) is 0 Å². The number of nitrogens with one attached hydrogen (secondary N) is 1. The van der Waals surface area contributed by atoms with E-state index in [1.54, 1.807) is 7.11 Å². The van der Waals surface area contributed by atoms with Crippen molar-refractivity contribution < 1.29 is 9.47 Å². The first kappa shape index (κ1) is 17.8. The molecule has 1 N–H and O–H groups in total. The molecule has 2 aliphatic rings. The highest BCUT2D eigenvalue weighted by molar-refractivity contribution is 5.47. The van der Waals surface area contributed by atoms with Gasteiger partial charge in [0.1, 0.15) is 0 Å². The SMILES string of the molecule is COc1ccc(C2(C#N)CCC(c3nnn[nH]3)CC2)cc1OC1CCCC1. The van der Waals surface area contributed by atoms with Gasteiger partial charge in [-0.1, -0.05) is 6.07 Å². The number of hydrogen-bond donors (Lipinski definition) is 1. The quantitative estimate of drug-likeness (QED) is 0.866. The second-order valence-corrected chi connectivity index (χ2v) is 7.64. The van der Waals surface area contributed by atoms with E-state index >= 15 is 0 Å². The van der Waals surface area contributed by atoms with Gasteiger partial charge in [0.15, 0.2) is 17.3 Å². The van der Waals surface area contributed by atoms with E-state index < -0.39 is 5.41 Å². The molecule has 2 aromatic rings. The number of ether oxygens (including phenoxy) is 2. The topological polar surface area (TPSA) is 96.7 Å². The summed E-state index contributed by atoms with van der Waals surface area (Å²) >= 11 is 0. The molecule has 1 aromatic heterocycles. The Balaban J connectivity index is 1.56. The molecule has 7 heteroatoms. The molecule has 0 saturated heterocycles. The first-order valence-corrected chi connectivity index (χ1v) is 9.74. The highest BCUT2D eigenvalue weighted by Gasteiger charge is 2.39. The zero-order chi connectivity index (χ0) is 18.7. The van der Waals surface area contributed by atoms with Crippen LogP contribution in [0.5, 0.6) is 11.5 Å². The minimum absolute atomic E-state index is 0.252. The van der Waals surface area contributed by atoms with E-state index in [0.717, 1.165) is 61.4 Å². The summed E-state index contributed by atoms with van der Waals surface area (Å²) in [5.74, 6) is 2.61. The van der Waals surface area contributed by atoms with Crippen molar-refractivity contribution in [1.82, 2.24) is 20.6 Å². The molecule has 0 bridgehead atoms. The summed E-state index contributed by atoms with van der Waals surface area (Å²) in [4.78, 5) is 0. The first-order chi connectivity index (χ1) is 13.2. The van der Waals surface area contributed by atoms with Crippen LogP contribution in [0.4, 0.5) is 0 Å². The molecule has 7 nitrogen and oxygen atoms in total. The fourth-order valence-electron chi connectivity index (χ4n) is 4.44. The maximum atomic E-state index is 10.0. The van der Waals surface area contributed by atoms with Gasteiger partial charge < -0.3 is 9.47 Å². The Morgan fingerprint density at radius 1 is 1.15 bits per heavy atom. The van der Waals surface area contributed by atoms with Crippen LogP contribution in [0.3, 0.4) is 0 Å². The summed E-state index contributed by atoms with van der Waals surface area (Å²) in [7, 11) is 1.66. The van der Waals surface area contributed by atoms with Crippen molar-refractivity contribution in [3.05, 3.63) is 29.6 Å². The van der Waals surface area contributed by atoms with Gasteiger partial charge in [-0.25, -0.2) is 5.10 Å². The third-order valence-corrected chi connectivity index (χ3v) is 6.11. The maximum Gasteiger partial charge on any atom is 0.161 e. The lowest BCUT2D eigenvalue weighted by Gasteiger charge is -2.34. The fourth-order valence-corrected chi connectivity index (χ4v) is 4.44. The molecule has 4 rings (SSSR count). The molecule has 0 amide bonds. The number of nitriles is 1. The molecule has 27 heavy (non-hydrogen) atoms. The van der Waals surface area contributed by atoms with Crippen molar-refractivity contribution in [3.8, 4) is 17.6 Å². The first-order valence-electron chi connectivity index (χ1n) is 9.74. The normalized spacial score (nSPS) is 25.9. The fraction of sp³-hybridized carbons (Fsp3) is 0.600. The molecule has 0 unspecified atom stereocenters. The maximum absolute atomic E-state index is 10.0. The lowest BCUT2D eigenvalue weighted by molar-refractivity contribution is 0.200. The Kier molecular flexibility index (Phi) is 4.97. The summed E-state index contributed by atoms with van der Waals surface area (Å²) in [6.45, 7) is 0. The summed E-state index contributed by atoms with van der Waals surface area (Å²) in [5.41, 5.74) is 0.525. The summed E-state index contributed by atoms with van der Waals surface area (Å²) in [6.07, 6.45) is 8.19. The number of aromatic nitrogens is 4. The van der Waals surface area contributed by atoms with Gasteiger partial charge in [0.25, 0.3) is 0 Å². The monoisotopic (exact) mass is 367 g/mol. The second kappa shape index (κ2) is 7.55. The predicted octanol–water partition coefficient (Wildman–Crippen LogP) is 3.65. The van der Waals surface area contributed by atoms with Crippen LogP contribution in [0, 0.1) is 11.3 Å². The number of nitrogens with zero attached hydrogens (tertiary/aromatic N) is 4. The molecule has 2 fully saturated rings. The van der Waals surface area contributed by atoms with Crippen LogP contribution in [0.2, 0.25) is 0 Å². The molecule has 1 heterocycles. The number of aromatic amines is 1. The van der Waals surface area contributed by atoms with Crippen molar-refractivity contribution in [2.75, 3.05) is 7.11 Å². The minimum atomic E-state index is -0.496. The van der Waals surface area contributed by atoms with E-state index in [-0.39, 0.29) is 12.0 Å². The Morgan fingerprint density at radius 2 is 1.93 bits per heavy atom. The zero-order valence-corrected chi connectivity index (χ0v) is 15.6. The van der Waals surface area contributed by atoms with Gasteiger partial charge in [-0.2, -0.15) is 5.26 Å². The van der Waals surface area contributed by atoms with Gasteiger partial charge in [0.05, 0.1) is 24.7 Å².